The number of hydrogen-bond acceptors (Lipinski definition) is 5. The molecular weight excluding hydrogens is 276 g/mol. The summed E-state index contributed by atoms with van der Waals surface area (Å²) >= 11 is 0. The van der Waals surface area contributed by atoms with Crippen LogP contribution in [-0.4, -0.2) is 35.8 Å². The number of carboxylic acids is 1. The highest BCUT2D eigenvalue weighted by molar-refractivity contribution is 5.87. The number of aliphatic hydroxyl groups is 1. The Labute approximate surface area is 117 Å². The summed E-state index contributed by atoms with van der Waals surface area (Å²) in [6.45, 7) is 0. The molecule has 0 aliphatic carbocycles. The van der Waals surface area contributed by atoms with E-state index in [0.29, 0.717) is 11.1 Å². The van der Waals surface area contributed by atoms with Gasteiger partial charge in [-0.25, -0.2) is 14.6 Å². The average molecular weight is 286 g/mol. The number of aromatic nitrogens is 4. The van der Waals surface area contributed by atoms with Crippen molar-refractivity contribution in [2.45, 2.75) is 6.10 Å². The number of H-pyrrole nitrogens is 1. The number of benzene rings is 1. The highest BCUT2D eigenvalue weighted by Crippen LogP contribution is 2.24. The zero-order chi connectivity index (χ0) is 15.0. The van der Waals surface area contributed by atoms with Crippen molar-refractivity contribution in [1.82, 2.24) is 19.6 Å². The lowest BCUT2D eigenvalue weighted by Crippen LogP contribution is -2.17. The van der Waals surface area contributed by atoms with E-state index in [4.69, 9.17) is 5.11 Å². The Morgan fingerprint density at radius 1 is 1.29 bits per heavy atom. The minimum Gasteiger partial charge on any atom is -0.478 e. The van der Waals surface area contributed by atoms with Gasteiger partial charge < -0.3 is 10.2 Å². The molecule has 0 saturated heterocycles. The van der Waals surface area contributed by atoms with E-state index in [-0.39, 0.29) is 11.2 Å². The van der Waals surface area contributed by atoms with Crippen molar-refractivity contribution in [3.63, 3.8) is 0 Å². The molecule has 0 fully saturated rings. The van der Waals surface area contributed by atoms with E-state index in [9.17, 15) is 14.7 Å². The number of carbonyl (C=O) groups is 1. The normalized spacial score (nSPS) is 12.4. The Morgan fingerprint density at radius 3 is 2.67 bits per heavy atom. The number of aromatic amines is 1. The van der Waals surface area contributed by atoms with E-state index in [2.05, 4.69) is 15.1 Å². The highest BCUT2D eigenvalue weighted by Gasteiger charge is 2.18. The summed E-state index contributed by atoms with van der Waals surface area (Å²) in [7, 11) is 0. The fraction of sp³-hybridized carbons (Fsp3) is 0.0769. The van der Waals surface area contributed by atoms with Gasteiger partial charge in [-0.1, -0.05) is 12.1 Å². The maximum atomic E-state index is 11.5. The van der Waals surface area contributed by atoms with Gasteiger partial charge in [0.15, 0.2) is 5.65 Å². The Kier molecular flexibility index (Phi) is 2.99. The largest absolute Gasteiger partial charge is 0.478 e. The SMILES string of the molecule is O=C(O)c1ccc(C(O)c2cnn3c(=O)[nH]cnc23)cc1. The zero-order valence-corrected chi connectivity index (χ0v) is 10.6. The quantitative estimate of drug-likeness (QED) is 0.632. The number of fused-ring (bicyclic) bond motifs is 1. The maximum Gasteiger partial charge on any atom is 0.349 e. The highest BCUT2D eigenvalue weighted by atomic mass is 16.4. The van der Waals surface area contributed by atoms with Crippen LogP contribution in [0.15, 0.2) is 41.6 Å². The average Bonchev–Trinajstić information content (AvgIpc) is 2.92. The summed E-state index contributed by atoms with van der Waals surface area (Å²) in [5.74, 6) is -1.04. The van der Waals surface area contributed by atoms with Crippen molar-refractivity contribution in [2.75, 3.05) is 0 Å². The molecule has 2 aromatic heterocycles. The van der Waals surface area contributed by atoms with Crippen LogP contribution in [0.5, 0.6) is 0 Å². The van der Waals surface area contributed by atoms with Crippen LogP contribution >= 0.6 is 0 Å². The molecule has 0 saturated carbocycles. The van der Waals surface area contributed by atoms with Crippen molar-refractivity contribution in [3.05, 3.63) is 64.0 Å². The van der Waals surface area contributed by atoms with Crippen LogP contribution in [0.3, 0.4) is 0 Å². The summed E-state index contributed by atoms with van der Waals surface area (Å²) < 4.78 is 1.05. The molecule has 0 aliphatic heterocycles. The topological polar surface area (TPSA) is 121 Å². The van der Waals surface area contributed by atoms with Crippen molar-refractivity contribution in [3.8, 4) is 0 Å². The zero-order valence-electron chi connectivity index (χ0n) is 10.6. The molecule has 0 amide bonds. The molecule has 8 nitrogen and oxygen atoms in total. The molecule has 106 valence electrons. The number of rotatable bonds is 3. The number of aliphatic hydroxyl groups excluding tert-OH is 1. The molecule has 1 aromatic carbocycles. The molecule has 21 heavy (non-hydrogen) atoms. The molecule has 0 aliphatic rings. The van der Waals surface area contributed by atoms with E-state index < -0.39 is 17.8 Å². The second kappa shape index (κ2) is 4.84. The van der Waals surface area contributed by atoms with Crippen molar-refractivity contribution in [1.29, 1.82) is 0 Å². The molecule has 8 heteroatoms. The van der Waals surface area contributed by atoms with Crippen LogP contribution in [0, 0.1) is 0 Å². The lowest BCUT2D eigenvalue weighted by molar-refractivity contribution is 0.0696. The Morgan fingerprint density at radius 2 is 2.00 bits per heavy atom. The van der Waals surface area contributed by atoms with Gasteiger partial charge >= 0.3 is 11.7 Å². The van der Waals surface area contributed by atoms with Gasteiger partial charge in [0.25, 0.3) is 0 Å². The van der Waals surface area contributed by atoms with Crippen LogP contribution in [0.25, 0.3) is 5.65 Å². The summed E-state index contributed by atoms with van der Waals surface area (Å²) in [5.41, 5.74) is 0.759. The van der Waals surface area contributed by atoms with Gasteiger partial charge in [-0.15, -0.1) is 0 Å². The second-order valence-electron chi connectivity index (χ2n) is 4.37. The monoisotopic (exact) mass is 286 g/mol. The Balaban J connectivity index is 2.04. The van der Waals surface area contributed by atoms with Gasteiger partial charge in [-0.2, -0.15) is 9.61 Å². The van der Waals surface area contributed by atoms with Crippen molar-refractivity contribution < 1.29 is 15.0 Å². The first kappa shape index (κ1) is 13.0. The third-order valence-electron chi connectivity index (χ3n) is 3.11. The number of carboxylic acid groups (broad SMARTS) is 1. The minimum absolute atomic E-state index is 0.125. The third kappa shape index (κ3) is 2.17. The molecule has 3 N–H and O–H groups in total. The molecule has 3 rings (SSSR count). The molecular formula is C13H10N4O4. The van der Waals surface area contributed by atoms with Crippen LogP contribution in [0.4, 0.5) is 0 Å². The van der Waals surface area contributed by atoms with E-state index >= 15 is 0 Å². The predicted molar refractivity (Wildman–Crippen MR) is 71.1 cm³/mol. The maximum absolute atomic E-state index is 11.5. The van der Waals surface area contributed by atoms with Gasteiger partial charge in [0.1, 0.15) is 6.10 Å². The predicted octanol–water partition coefficient (Wildman–Crippen LogP) is 0.197. The summed E-state index contributed by atoms with van der Waals surface area (Å²) in [5, 5.41) is 23.1. The minimum atomic E-state index is -1.06. The van der Waals surface area contributed by atoms with Gasteiger partial charge in [-0.3, -0.25) is 4.98 Å². The van der Waals surface area contributed by atoms with Crippen LogP contribution in [0.2, 0.25) is 0 Å². The molecule has 3 aromatic rings. The number of nitrogens with zero attached hydrogens (tertiary/aromatic N) is 3. The van der Waals surface area contributed by atoms with E-state index in [1.54, 1.807) is 0 Å². The molecule has 0 radical (unpaired) electrons. The van der Waals surface area contributed by atoms with Crippen molar-refractivity contribution >= 4 is 11.6 Å². The van der Waals surface area contributed by atoms with Crippen LogP contribution < -0.4 is 5.69 Å². The fourth-order valence-corrected chi connectivity index (χ4v) is 2.02. The van der Waals surface area contributed by atoms with Crippen molar-refractivity contribution in [2.24, 2.45) is 0 Å². The second-order valence-corrected chi connectivity index (χ2v) is 4.37. The van der Waals surface area contributed by atoms with Gasteiger partial charge in [0.2, 0.25) is 0 Å². The van der Waals surface area contributed by atoms with Crippen LogP contribution in [0.1, 0.15) is 27.6 Å². The summed E-state index contributed by atoms with van der Waals surface area (Å²) in [6.07, 6.45) is 1.52. The molecule has 2 heterocycles. The molecule has 1 atom stereocenters. The first-order valence-corrected chi connectivity index (χ1v) is 6.00. The Bertz CT molecular complexity index is 866. The Hall–Kier alpha value is -3.00. The van der Waals surface area contributed by atoms with Gasteiger partial charge in [-0.05, 0) is 17.7 Å². The summed E-state index contributed by atoms with van der Waals surface area (Å²) in [6, 6.07) is 5.80. The third-order valence-corrected chi connectivity index (χ3v) is 3.11. The van der Waals surface area contributed by atoms with E-state index in [0.717, 1.165) is 4.52 Å². The van der Waals surface area contributed by atoms with Gasteiger partial charge in [0.05, 0.1) is 23.7 Å². The summed E-state index contributed by atoms with van der Waals surface area (Å²) in [4.78, 5) is 28.7. The molecule has 1 unspecified atom stereocenters. The molecule has 0 spiro atoms. The molecule has 0 bridgehead atoms. The number of hydrogen-bond donors (Lipinski definition) is 3. The lowest BCUT2D eigenvalue weighted by atomic mass is 10.0. The van der Waals surface area contributed by atoms with E-state index in [1.165, 1.54) is 36.8 Å². The first-order valence-electron chi connectivity index (χ1n) is 6.00. The smallest absolute Gasteiger partial charge is 0.349 e. The lowest BCUT2D eigenvalue weighted by Gasteiger charge is -2.09. The first-order chi connectivity index (χ1) is 10.1. The fourth-order valence-electron chi connectivity index (χ4n) is 2.02. The number of nitrogens with one attached hydrogen (secondary N) is 1. The van der Waals surface area contributed by atoms with Crippen LogP contribution in [-0.2, 0) is 0 Å². The van der Waals surface area contributed by atoms with E-state index in [1.807, 2.05) is 0 Å². The van der Waals surface area contributed by atoms with Gasteiger partial charge in [0, 0.05) is 0 Å². The standard InChI is InChI=1S/C13H10N4O4/c18-10(7-1-3-8(4-2-7)12(19)20)9-5-16-17-11(9)14-6-15-13(17)21/h1-6,10,18H,(H,19,20)(H,14,15,21). The number of aromatic carboxylic acids is 1.